The van der Waals surface area contributed by atoms with Gasteiger partial charge in [-0.25, -0.2) is 4.39 Å². The van der Waals surface area contributed by atoms with Crippen molar-refractivity contribution in [1.29, 1.82) is 0 Å². The molecule has 23 heavy (non-hydrogen) atoms. The maximum Gasteiger partial charge on any atom is 0.258 e. The Labute approximate surface area is 134 Å². The molecule has 2 aromatic carbocycles. The third-order valence-electron chi connectivity index (χ3n) is 2.86. The van der Waals surface area contributed by atoms with E-state index < -0.39 is 0 Å². The molecule has 118 valence electrons. The number of carbonyl (C=O) groups is 1. The molecule has 0 saturated carbocycles. The average molecular weight is 313 g/mol. The van der Waals surface area contributed by atoms with E-state index in [2.05, 4.69) is 17.2 Å². The number of carbonyl (C=O) groups excluding carboxylic acids is 1. The highest BCUT2D eigenvalue weighted by Crippen LogP contribution is 2.18. The van der Waals surface area contributed by atoms with Crippen LogP contribution in [0.15, 0.2) is 48.5 Å². The van der Waals surface area contributed by atoms with E-state index in [-0.39, 0.29) is 24.9 Å². The molecule has 0 bridgehead atoms. The Morgan fingerprint density at radius 3 is 2.65 bits per heavy atom. The van der Waals surface area contributed by atoms with Crippen molar-refractivity contribution in [2.45, 2.75) is 0 Å². The maximum atomic E-state index is 12.7. The van der Waals surface area contributed by atoms with E-state index in [0.29, 0.717) is 17.1 Å². The number of ether oxygens (including phenoxy) is 2. The van der Waals surface area contributed by atoms with Crippen LogP contribution in [0.1, 0.15) is 5.56 Å². The Morgan fingerprint density at radius 2 is 1.91 bits per heavy atom. The van der Waals surface area contributed by atoms with Gasteiger partial charge in [0.2, 0.25) is 0 Å². The summed E-state index contributed by atoms with van der Waals surface area (Å²) < 4.78 is 23.2. The Hall–Kier alpha value is -3.00. The van der Waals surface area contributed by atoms with E-state index in [9.17, 15) is 9.18 Å². The van der Waals surface area contributed by atoms with Gasteiger partial charge in [-0.2, -0.15) is 0 Å². The third kappa shape index (κ3) is 5.71. The molecule has 0 unspecified atom stereocenters. The molecule has 2 aromatic rings. The van der Waals surface area contributed by atoms with E-state index in [0.717, 1.165) is 0 Å². The Kier molecular flexibility index (Phi) is 6.01. The Morgan fingerprint density at radius 1 is 1.17 bits per heavy atom. The van der Waals surface area contributed by atoms with Gasteiger partial charge in [-0.05, 0) is 36.4 Å². The highest BCUT2D eigenvalue weighted by atomic mass is 19.1. The van der Waals surface area contributed by atoms with Crippen LogP contribution < -0.4 is 14.8 Å². The minimum absolute atomic E-state index is 0.106. The molecule has 0 atom stereocenters. The summed E-state index contributed by atoms with van der Waals surface area (Å²) in [6, 6.07) is 12.8. The third-order valence-corrected chi connectivity index (χ3v) is 2.86. The maximum absolute atomic E-state index is 12.7. The first-order chi connectivity index (χ1) is 11.2. The second kappa shape index (κ2) is 8.44. The summed E-state index contributed by atoms with van der Waals surface area (Å²) in [5, 5.41) is 2.62. The molecule has 0 radical (unpaired) electrons. The highest BCUT2D eigenvalue weighted by molar-refractivity contribution is 5.77. The number of hydrogen-bond donors (Lipinski definition) is 1. The molecule has 0 aromatic heterocycles. The lowest BCUT2D eigenvalue weighted by atomic mass is 10.2. The fraction of sp³-hybridized carbons (Fsp3) is 0.167. The number of amides is 1. The number of nitrogens with one attached hydrogen (secondary N) is 1. The fourth-order valence-corrected chi connectivity index (χ4v) is 1.71. The lowest BCUT2D eigenvalue weighted by Crippen LogP contribution is -2.29. The number of hydrogen-bond acceptors (Lipinski definition) is 3. The van der Waals surface area contributed by atoms with Crippen molar-refractivity contribution in [3.8, 4) is 23.3 Å². The average Bonchev–Trinajstić information content (AvgIpc) is 2.58. The summed E-state index contributed by atoms with van der Waals surface area (Å²) in [7, 11) is 1.56. The number of benzene rings is 2. The van der Waals surface area contributed by atoms with Crippen molar-refractivity contribution in [1.82, 2.24) is 5.32 Å². The Bertz CT molecular complexity index is 717. The van der Waals surface area contributed by atoms with Gasteiger partial charge in [-0.15, -0.1) is 0 Å². The summed E-state index contributed by atoms with van der Waals surface area (Å²) in [6.45, 7) is 0.0864. The minimum Gasteiger partial charge on any atom is -0.497 e. The zero-order valence-electron chi connectivity index (χ0n) is 12.6. The Balaban J connectivity index is 1.74. The molecule has 0 aliphatic heterocycles. The minimum atomic E-state index is -0.307. The van der Waals surface area contributed by atoms with E-state index in [4.69, 9.17) is 9.47 Å². The van der Waals surface area contributed by atoms with Crippen LogP contribution in [0.2, 0.25) is 0 Å². The first kappa shape index (κ1) is 16.4. The lowest BCUT2D eigenvalue weighted by molar-refractivity contribution is -0.122. The lowest BCUT2D eigenvalue weighted by Gasteiger charge is -2.07. The monoisotopic (exact) mass is 313 g/mol. The molecule has 2 rings (SSSR count). The quantitative estimate of drug-likeness (QED) is 0.862. The molecule has 1 amide bonds. The zero-order valence-corrected chi connectivity index (χ0v) is 12.6. The number of rotatable bonds is 5. The molecule has 0 saturated heterocycles. The standard InChI is InChI=1S/C18H16FNO3/c1-22-16-5-2-6-17(12-16)23-13-18(21)20-11-3-4-14-7-9-15(19)10-8-14/h2,5-10,12H,11,13H2,1H3,(H,20,21). The molecule has 0 aliphatic rings. The van der Waals surface area contributed by atoms with E-state index >= 15 is 0 Å². The van der Waals surface area contributed by atoms with Gasteiger partial charge >= 0.3 is 0 Å². The molecular formula is C18H16FNO3. The summed E-state index contributed by atoms with van der Waals surface area (Å²) in [5.74, 6) is 6.25. The van der Waals surface area contributed by atoms with E-state index in [1.165, 1.54) is 12.1 Å². The molecular weight excluding hydrogens is 297 g/mol. The topological polar surface area (TPSA) is 47.6 Å². The first-order valence-corrected chi connectivity index (χ1v) is 6.95. The van der Waals surface area contributed by atoms with Crippen LogP contribution in [-0.2, 0) is 4.79 Å². The van der Waals surface area contributed by atoms with Gasteiger partial charge < -0.3 is 14.8 Å². The highest BCUT2D eigenvalue weighted by Gasteiger charge is 2.02. The summed E-state index contributed by atoms with van der Waals surface area (Å²) in [4.78, 5) is 11.6. The van der Waals surface area contributed by atoms with Crippen molar-refractivity contribution in [2.24, 2.45) is 0 Å². The second-order valence-corrected chi connectivity index (χ2v) is 4.55. The van der Waals surface area contributed by atoms with Crippen LogP contribution in [0.3, 0.4) is 0 Å². The normalized spacial score (nSPS) is 9.48. The molecule has 4 nitrogen and oxygen atoms in total. The van der Waals surface area contributed by atoms with Gasteiger partial charge in [0.25, 0.3) is 5.91 Å². The van der Waals surface area contributed by atoms with Crippen LogP contribution in [0.4, 0.5) is 4.39 Å². The van der Waals surface area contributed by atoms with Crippen LogP contribution in [0, 0.1) is 17.7 Å². The van der Waals surface area contributed by atoms with Crippen molar-refractivity contribution < 1.29 is 18.7 Å². The van der Waals surface area contributed by atoms with E-state index in [1.54, 1.807) is 43.5 Å². The molecule has 0 fully saturated rings. The summed E-state index contributed by atoms with van der Waals surface area (Å²) in [6.07, 6.45) is 0. The van der Waals surface area contributed by atoms with Gasteiger partial charge in [-0.3, -0.25) is 4.79 Å². The van der Waals surface area contributed by atoms with Gasteiger partial charge in [0.05, 0.1) is 13.7 Å². The number of methoxy groups -OCH3 is 1. The van der Waals surface area contributed by atoms with Gasteiger partial charge in [0.1, 0.15) is 17.3 Å². The van der Waals surface area contributed by atoms with Crippen molar-refractivity contribution in [2.75, 3.05) is 20.3 Å². The van der Waals surface area contributed by atoms with Gasteiger partial charge in [0.15, 0.2) is 6.61 Å². The van der Waals surface area contributed by atoms with Crippen LogP contribution in [0.25, 0.3) is 0 Å². The molecule has 5 heteroatoms. The largest absolute Gasteiger partial charge is 0.497 e. The predicted molar refractivity (Wildman–Crippen MR) is 84.8 cm³/mol. The van der Waals surface area contributed by atoms with E-state index in [1.807, 2.05) is 0 Å². The van der Waals surface area contributed by atoms with Gasteiger partial charge in [0, 0.05) is 11.6 Å². The smallest absolute Gasteiger partial charge is 0.258 e. The van der Waals surface area contributed by atoms with Crippen LogP contribution >= 0.6 is 0 Å². The molecule has 1 N–H and O–H groups in total. The van der Waals surface area contributed by atoms with Crippen molar-refractivity contribution in [3.05, 3.63) is 59.9 Å². The summed E-state index contributed by atoms with van der Waals surface area (Å²) >= 11 is 0. The van der Waals surface area contributed by atoms with Crippen molar-refractivity contribution >= 4 is 5.91 Å². The SMILES string of the molecule is COc1cccc(OCC(=O)NCC#Cc2ccc(F)cc2)c1. The van der Waals surface area contributed by atoms with Crippen LogP contribution in [0.5, 0.6) is 11.5 Å². The molecule has 0 spiro atoms. The predicted octanol–water partition coefficient (Wildman–Crippen LogP) is 2.38. The van der Waals surface area contributed by atoms with Crippen LogP contribution in [-0.4, -0.2) is 26.2 Å². The zero-order chi connectivity index (χ0) is 16.5. The number of halogens is 1. The van der Waals surface area contributed by atoms with Crippen molar-refractivity contribution in [3.63, 3.8) is 0 Å². The molecule has 0 aliphatic carbocycles. The van der Waals surface area contributed by atoms with Gasteiger partial charge in [-0.1, -0.05) is 17.9 Å². The molecule has 0 heterocycles. The fourth-order valence-electron chi connectivity index (χ4n) is 1.71. The second-order valence-electron chi connectivity index (χ2n) is 4.55. The summed E-state index contributed by atoms with van der Waals surface area (Å²) in [5.41, 5.74) is 0.688. The first-order valence-electron chi connectivity index (χ1n) is 6.95.